The first-order chi connectivity index (χ1) is 11.0. The number of nitrogens with zero attached hydrogens (tertiary/aromatic N) is 2. The molecular formula is C17H19N3O3. The average molecular weight is 313 g/mol. The van der Waals surface area contributed by atoms with E-state index in [1.54, 1.807) is 44.2 Å². The molecule has 0 saturated heterocycles. The van der Waals surface area contributed by atoms with Gasteiger partial charge in [0.2, 0.25) is 0 Å². The lowest BCUT2D eigenvalue weighted by Crippen LogP contribution is -2.46. The van der Waals surface area contributed by atoms with Crippen molar-refractivity contribution in [3.05, 3.63) is 59.7 Å². The number of hydrogen-bond acceptors (Lipinski definition) is 4. The number of aliphatic carboxylic acids is 1. The minimum Gasteiger partial charge on any atom is -0.481 e. The molecule has 120 valence electrons. The lowest BCUT2D eigenvalue weighted by Gasteiger charge is -2.29. The van der Waals surface area contributed by atoms with Crippen LogP contribution >= 0.6 is 0 Å². The minimum absolute atomic E-state index is 0.00920. The first-order valence-electron chi connectivity index (χ1n) is 7.35. The van der Waals surface area contributed by atoms with E-state index in [0.29, 0.717) is 17.7 Å². The lowest BCUT2D eigenvalue weighted by atomic mass is 9.78. The van der Waals surface area contributed by atoms with Crippen LogP contribution in [0.3, 0.4) is 0 Å². The maximum atomic E-state index is 12.2. The highest BCUT2D eigenvalue weighted by Crippen LogP contribution is 2.27. The Kier molecular flexibility index (Phi) is 5.05. The molecule has 1 amide bonds. The summed E-state index contributed by atoms with van der Waals surface area (Å²) in [5.74, 6) is -1.38. The molecule has 0 bridgehead atoms. The molecule has 0 fully saturated rings. The van der Waals surface area contributed by atoms with Crippen molar-refractivity contribution in [2.75, 3.05) is 6.54 Å². The molecule has 2 N–H and O–H groups in total. The number of amides is 1. The van der Waals surface area contributed by atoms with E-state index in [1.807, 2.05) is 6.07 Å². The van der Waals surface area contributed by atoms with Crippen molar-refractivity contribution >= 4 is 11.9 Å². The number of aryl methyl sites for hydroxylation is 1. The van der Waals surface area contributed by atoms with E-state index in [-0.39, 0.29) is 12.2 Å². The van der Waals surface area contributed by atoms with Gasteiger partial charge in [0.15, 0.2) is 0 Å². The number of rotatable bonds is 6. The van der Waals surface area contributed by atoms with Gasteiger partial charge < -0.3 is 10.4 Å². The molecule has 2 aromatic rings. The fraction of sp³-hybridized carbons (Fsp3) is 0.294. The number of nitrogens with one attached hydrogen (secondary N) is 1. The Labute approximate surface area is 134 Å². The molecule has 1 aromatic carbocycles. The molecule has 0 spiro atoms. The van der Waals surface area contributed by atoms with Gasteiger partial charge in [0.25, 0.3) is 5.91 Å². The summed E-state index contributed by atoms with van der Waals surface area (Å²) in [6, 6.07) is 10.5. The highest BCUT2D eigenvalue weighted by atomic mass is 16.4. The summed E-state index contributed by atoms with van der Waals surface area (Å²) in [5.41, 5.74) is 0.391. The molecule has 0 aliphatic rings. The fourth-order valence-corrected chi connectivity index (χ4v) is 2.44. The van der Waals surface area contributed by atoms with E-state index >= 15 is 0 Å². The van der Waals surface area contributed by atoms with Crippen LogP contribution in [0.4, 0.5) is 0 Å². The number of carboxylic acid groups (broad SMARTS) is 1. The zero-order valence-electron chi connectivity index (χ0n) is 13.1. The summed E-state index contributed by atoms with van der Waals surface area (Å²) in [6.45, 7) is 3.54. The van der Waals surface area contributed by atoms with Crippen molar-refractivity contribution in [2.24, 2.45) is 0 Å². The van der Waals surface area contributed by atoms with Gasteiger partial charge in [-0.25, -0.2) is 9.97 Å². The third kappa shape index (κ3) is 3.53. The SMILES string of the molecule is CCC(CNC(=O)c1cc(C)ncn1)(C(=O)O)c1ccccc1. The molecule has 2 rings (SSSR count). The number of carboxylic acids is 1. The van der Waals surface area contributed by atoms with E-state index < -0.39 is 17.3 Å². The van der Waals surface area contributed by atoms with Crippen LogP contribution in [0, 0.1) is 6.92 Å². The second-order valence-electron chi connectivity index (χ2n) is 5.33. The van der Waals surface area contributed by atoms with Gasteiger partial charge >= 0.3 is 5.97 Å². The molecule has 0 aliphatic carbocycles. The van der Waals surface area contributed by atoms with Crippen molar-refractivity contribution in [3.63, 3.8) is 0 Å². The number of hydrogen-bond donors (Lipinski definition) is 2. The largest absolute Gasteiger partial charge is 0.481 e. The van der Waals surface area contributed by atoms with Crippen LogP contribution in [0.1, 0.15) is 35.1 Å². The smallest absolute Gasteiger partial charge is 0.315 e. The van der Waals surface area contributed by atoms with E-state index in [9.17, 15) is 14.7 Å². The van der Waals surface area contributed by atoms with Crippen LogP contribution in [-0.2, 0) is 10.2 Å². The van der Waals surface area contributed by atoms with Crippen molar-refractivity contribution in [3.8, 4) is 0 Å². The van der Waals surface area contributed by atoms with Gasteiger partial charge in [-0.2, -0.15) is 0 Å². The number of carbonyl (C=O) groups is 2. The second kappa shape index (κ2) is 7.00. The van der Waals surface area contributed by atoms with Crippen LogP contribution in [0.25, 0.3) is 0 Å². The molecule has 0 saturated carbocycles. The Bertz CT molecular complexity index is 703. The van der Waals surface area contributed by atoms with Crippen LogP contribution in [0.15, 0.2) is 42.7 Å². The van der Waals surface area contributed by atoms with E-state index in [4.69, 9.17) is 0 Å². The first kappa shape index (κ1) is 16.6. The molecule has 6 nitrogen and oxygen atoms in total. The maximum Gasteiger partial charge on any atom is 0.315 e. The van der Waals surface area contributed by atoms with Crippen LogP contribution in [0.5, 0.6) is 0 Å². The highest BCUT2D eigenvalue weighted by Gasteiger charge is 2.39. The lowest BCUT2D eigenvalue weighted by molar-refractivity contribution is -0.143. The van der Waals surface area contributed by atoms with Crippen LogP contribution < -0.4 is 5.32 Å². The molecule has 1 unspecified atom stereocenters. The standard InChI is InChI=1S/C17H19N3O3/c1-3-17(16(22)23,13-7-5-4-6-8-13)10-18-15(21)14-9-12(2)19-11-20-14/h4-9,11H,3,10H2,1-2H3,(H,18,21)(H,22,23). The fourth-order valence-electron chi connectivity index (χ4n) is 2.44. The van der Waals surface area contributed by atoms with Gasteiger partial charge in [0, 0.05) is 12.2 Å². The molecule has 0 radical (unpaired) electrons. The van der Waals surface area contributed by atoms with Crippen molar-refractivity contribution in [1.29, 1.82) is 0 Å². The predicted molar refractivity (Wildman–Crippen MR) is 85.1 cm³/mol. The zero-order valence-corrected chi connectivity index (χ0v) is 13.1. The summed E-state index contributed by atoms with van der Waals surface area (Å²) in [5, 5.41) is 12.4. The third-order valence-electron chi connectivity index (χ3n) is 3.93. The van der Waals surface area contributed by atoms with Crippen LogP contribution in [0.2, 0.25) is 0 Å². The Morgan fingerprint density at radius 1 is 1.22 bits per heavy atom. The Balaban J connectivity index is 2.23. The van der Waals surface area contributed by atoms with E-state index in [0.717, 1.165) is 0 Å². The summed E-state index contributed by atoms with van der Waals surface area (Å²) in [7, 11) is 0. The molecule has 1 heterocycles. The molecule has 1 aromatic heterocycles. The number of benzene rings is 1. The topological polar surface area (TPSA) is 92.2 Å². The Morgan fingerprint density at radius 2 is 1.91 bits per heavy atom. The van der Waals surface area contributed by atoms with Gasteiger partial charge in [-0.15, -0.1) is 0 Å². The van der Waals surface area contributed by atoms with Gasteiger partial charge in [0.1, 0.15) is 17.4 Å². The number of carbonyl (C=O) groups excluding carboxylic acids is 1. The minimum atomic E-state index is -1.17. The predicted octanol–water partition coefficient (Wildman–Crippen LogP) is 1.95. The zero-order chi connectivity index (χ0) is 16.9. The van der Waals surface area contributed by atoms with Crippen molar-refractivity contribution in [2.45, 2.75) is 25.7 Å². The van der Waals surface area contributed by atoms with E-state index in [2.05, 4.69) is 15.3 Å². The van der Waals surface area contributed by atoms with Gasteiger partial charge in [0.05, 0.1) is 0 Å². The maximum absolute atomic E-state index is 12.2. The second-order valence-corrected chi connectivity index (χ2v) is 5.33. The van der Waals surface area contributed by atoms with Gasteiger partial charge in [-0.1, -0.05) is 37.3 Å². The van der Waals surface area contributed by atoms with Crippen LogP contribution in [-0.4, -0.2) is 33.5 Å². The Morgan fingerprint density at radius 3 is 2.48 bits per heavy atom. The summed E-state index contributed by atoms with van der Waals surface area (Å²) >= 11 is 0. The van der Waals surface area contributed by atoms with Gasteiger partial charge in [-0.3, -0.25) is 9.59 Å². The normalized spacial score (nSPS) is 13.1. The summed E-state index contributed by atoms with van der Waals surface area (Å²) in [6.07, 6.45) is 1.67. The van der Waals surface area contributed by atoms with Gasteiger partial charge in [-0.05, 0) is 25.0 Å². The molecular weight excluding hydrogens is 294 g/mol. The summed E-state index contributed by atoms with van der Waals surface area (Å²) < 4.78 is 0. The molecule has 23 heavy (non-hydrogen) atoms. The van der Waals surface area contributed by atoms with Crippen molar-refractivity contribution < 1.29 is 14.7 Å². The monoisotopic (exact) mass is 313 g/mol. The highest BCUT2D eigenvalue weighted by molar-refractivity contribution is 5.93. The Hall–Kier alpha value is -2.76. The summed E-state index contributed by atoms with van der Waals surface area (Å²) in [4.78, 5) is 31.9. The van der Waals surface area contributed by atoms with E-state index in [1.165, 1.54) is 6.33 Å². The molecule has 1 atom stereocenters. The average Bonchev–Trinajstić information content (AvgIpc) is 2.56. The molecule has 0 aliphatic heterocycles. The van der Waals surface area contributed by atoms with Crippen molar-refractivity contribution in [1.82, 2.24) is 15.3 Å². The quantitative estimate of drug-likeness (QED) is 0.850. The number of aromatic nitrogens is 2. The first-order valence-corrected chi connectivity index (χ1v) is 7.35. The third-order valence-corrected chi connectivity index (χ3v) is 3.93. The molecule has 6 heteroatoms.